The maximum atomic E-state index is 12.1. The molecular formula is C16H20N2O2S. The third-order valence-electron chi connectivity index (χ3n) is 3.19. The van der Waals surface area contributed by atoms with E-state index in [0.29, 0.717) is 13.0 Å². The Kier molecular flexibility index (Phi) is 5.75. The molecule has 1 aromatic carbocycles. The minimum atomic E-state index is -0.0869. The number of carbonyl (C=O) groups excluding carboxylic acids is 1. The van der Waals surface area contributed by atoms with E-state index in [2.05, 4.69) is 10.3 Å². The fourth-order valence-corrected chi connectivity index (χ4v) is 2.51. The molecule has 2 aromatic rings. The lowest BCUT2D eigenvalue weighted by molar-refractivity contribution is -0.125. The van der Waals surface area contributed by atoms with Crippen LogP contribution in [0.25, 0.3) is 0 Å². The van der Waals surface area contributed by atoms with Crippen LogP contribution in [0.5, 0.6) is 5.75 Å². The summed E-state index contributed by atoms with van der Waals surface area (Å²) in [5.74, 6) is 0.784. The highest BCUT2D eigenvalue weighted by molar-refractivity contribution is 7.09. The van der Waals surface area contributed by atoms with Crippen molar-refractivity contribution in [2.24, 2.45) is 5.92 Å². The van der Waals surface area contributed by atoms with Gasteiger partial charge in [0.25, 0.3) is 0 Å². The van der Waals surface area contributed by atoms with Gasteiger partial charge in [0.05, 0.1) is 12.6 Å². The van der Waals surface area contributed by atoms with Crippen molar-refractivity contribution in [3.63, 3.8) is 0 Å². The van der Waals surface area contributed by atoms with Crippen LogP contribution >= 0.6 is 11.3 Å². The zero-order valence-electron chi connectivity index (χ0n) is 12.3. The van der Waals surface area contributed by atoms with E-state index in [1.165, 1.54) is 0 Å². The third-order valence-corrected chi connectivity index (χ3v) is 4.15. The molecule has 0 saturated heterocycles. The Labute approximate surface area is 129 Å². The number of thiazole rings is 1. The van der Waals surface area contributed by atoms with E-state index in [0.717, 1.165) is 10.8 Å². The fraction of sp³-hybridized carbons (Fsp3) is 0.375. The molecule has 0 saturated carbocycles. The lowest BCUT2D eigenvalue weighted by Crippen LogP contribution is -2.32. The van der Waals surface area contributed by atoms with Crippen LogP contribution in [0, 0.1) is 5.92 Å². The molecule has 1 amide bonds. The van der Waals surface area contributed by atoms with Crippen LogP contribution in [0.1, 0.15) is 31.3 Å². The molecule has 1 heterocycles. The molecule has 1 N–H and O–H groups in total. The van der Waals surface area contributed by atoms with Gasteiger partial charge in [0.15, 0.2) is 0 Å². The summed E-state index contributed by atoms with van der Waals surface area (Å²) in [6.45, 7) is 4.40. The highest BCUT2D eigenvalue weighted by atomic mass is 32.1. The van der Waals surface area contributed by atoms with Gasteiger partial charge < -0.3 is 10.1 Å². The van der Waals surface area contributed by atoms with Gasteiger partial charge in [0.1, 0.15) is 10.8 Å². The van der Waals surface area contributed by atoms with Gasteiger partial charge in [-0.05, 0) is 25.5 Å². The van der Waals surface area contributed by atoms with Gasteiger partial charge >= 0.3 is 0 Å². The van der Waals surface area contributed by atoms with Gasteiger partial charge in [-0.15, -0.1) is 11.3 Å². The average Bonchev–Trinajstić information content (AvgIpc) is 3.02. The number of amides is 1. The largest absolute Gasteiger partial charge is 0.494 e. The van der Waals surface area contributed by atoms with Crippen LogP contribution < -0.4 is 10.1 Å². The Morgan fingerprint density at radius 1 is 1.33 bits per heavy atom. The maximum Gasteiger partial charge on any atom is 0.223 e. The summed E-state index contributed by atoms with van der Waals surface area (Å²) >= 11 is 1.55. The Morgan fingerprint density at radius 2 is 2.10 bits per heavy atom. The second-order valence-electron chi connectivity index (χ2n) is 4.95. The molecule has 0 spiro atoms. The van der Waals surface area contributed by atoms with E-state index in [-0.39, 0.29) is 17.9 Å². The molecule has 112 valence electrons. The van der Waals surface area contributed by atoms with Gasteiger partial charge in [-0.3, -0.25) is 4.79 Å². The minimum absolute atomic E-state index is 0.0364. The fourth-order valence-electron chi connectivity index (χ4n) is 1.87. The lowest BCUT2D eigenvalue weighted by atomic mass is 10.1. The first-order valence-electron chi connectivity index (χ1n) is 7.04. The molecule has 21 heavy (non-hydrogen) atoms. The highest BCUT2D eigenvalue weighted by Gasteiger charge is 2.17. The quantitative estimate of drug-likeness (QED) is 0.852. The van der Waals surface area contributed by atoms with E-state index >= 15 is 0 Å². The van der Waals surface area contributed by atoms with Crippen LogP contribution in [0.4, 0.5) is 0 Å². The SMILES string of the molecule is C[C@H](NC(=O)[C@@H](C)CCOc1ccccc1)c1nccs1. The summed E-state index contributed by atoms with van der Waals surface area (Å²) in [7, 11) is 0. The summed E-state index contributed by atoms with van der Waals surface area (Å²) in [5, 5.41) is 5.82. The minimum Gasteiger partial charge on any atom is -0.494 e. The number of nitrogens with one attached hydrogen (secondary N) is 1. The first-order chi connectivity index (χ1) is 10.2. The summed E-state index contributed by atoms with van der Waals surface area (Å²) in [4.78, 5) is 16.3. The number of aromatic nitrogens is 1. The van der Waals surface area contributed by atoms with Crippen molar-refractivity contribution in [2.75, 3.05) is 6.61 Å². The number of hydrogen-bond acceptors (Lipinski definition) is 4. The van der Waals surface area contributed by atoms with Gasteiger partial charge in [-0.2, -0.15) is 0 Å². The number of benzene rings is 1. The topological polar surface area (TPSA) is 51.2 Å². The standard InChI is InChI=1S/C16H20N2O2S/c1-12(8-10-20-14-6-4-3-5-7-14)15(19)18-13(2)16-17-9-11-21-16/h3-7,9,11-13H,8,10H2,1-2H3,(H,18,19)/t12-,13-/m0/s1. The normalized spacial score (nSPS) is 13.4. The predicted molar refractivity (Wildman–Crippen MR) is 84.4 cm³/mol. The van der Waals surface area contributed by atoms with E-state index in [9.17, 15) is 4.79 Å². The highest BCUT2D eigenvalue weighted by Crippen LogP contribution is 2.16. The van der Waals surface area contributed by atoms with E-state index in [4.69, 9.17) is 4.74 Å². The van der Waals surface area contributed by atoms with Crippen molar-refractivity contribution < 1.29 is 9.53 Å². The van der Waals surface area contributed by atoms with Crippen molar-refractivity contribution in [1.82, 2.24) is 10.3 Å². The molecule has 0 bridgehead atoms. The number of rotatable bonds is 7. The monoisotopic (exact) mass is 304 g/mol. The summed E-state index contributed by atoms with van der Waals surface area (Å²) in [5.41, 5.74) is 0. The Morgan fingerprint density at radius 3 is 2.76 bits per heavy atom. The molecule has 1 aromatic heterocycles. The molecule has 5 heteroatoms. The molecule has 0 aliphatic rings. The molecule has 2 rings (SSSR count). The molecule has 2 atom stereocenters. The number of para-hydroxylation sites is 1. The number of carbonyl (C=O) groups is 1. The van der Waals surface area contributed by atoms with Crippen LogP contribution in [0.3, 0.4) is 0 Å². The summed E-state index contributed by atoms with van der Waals surface area (Å²) in [6, 6.07) is 9.59. The molecule has 0 aliphatic heterocycles. The zero-order valence-corrected chi connectivity index (χ0v) is 13.1. The first kappa shape index (κ1) is 15.5. The zero-order chi connectivity index (χ0) is 15.1. The molecule has 0 fully saturated rings. The number of nitrogens with zero attached hydrogens (tertiary/aromatic N) is 1. The van der Waals surface area contributed by atoms with Gasteiger partial charge in [0.2, 0.25) is 5.91 Å². The van der Waals surface area contributed by atoms with Crippen molar-refractivity contribution in [1.29, 1.82) is 0 Å². The maximum absolute atomic E-state index is 12.1. The molecule has 0 radical (unpaired) electrons. The Bertz CT molecular complexity index is 543. The van der Waals surface area contributed by atoms with Crippen LogP contribution in [0.2, 0.25) is 0 Å². The van der Waals surface area contributed by atoms with E-state index < -0.39 is 0 Å². The summed E-state index contributed by atoms with van der Waals surface area (Å²) in [6.07, 6.45) is 2.44. The van der Waals surface area contributed by atoms with Crippen molar-refractivity contribution in [3.8, 4) is 5.75 Å². The molecule has 4 nitrogen and oxygen atoms in total. The van der Waals surface area contributed by atoms with Crippen LogP contribution in [0.15, 0.2) is 41.9 Å². The Hall–Kier alpha value is -1.88. The summed E-state index contributed by atoms with van der Waals surface area (Å²) < 4.78 is 5.61. The second kappa shape index (κ2) is 7.78. The lowest BCUT2D eigenvalue weighted by Gasteiger charge is -2.16. The van der Waals surface area contributed by atoms with E-state index in [1.54, 1.807) is 17.5 Å². The van der Waals surface area contributed by atoms with Crippen LogP contribution in [-0.2, 0) is 4.79 Å². The molecule has 0 aliphatic carbocycles. The van der Waals surface area contributed by atoms with Gasteiger partial charge in [-0.25, -0.2) is 4.98 Å². The number of ether oxygens (including phenoxy) is 1. The second-order valence-corrected chi connectivity index (χ2v) is 5.88. The molecule has 0 unspecified atom stereocenters. The molecular weight excluding hydrogens is 284 g/mol. The first-order valence-corrected chi connectivity index (χ1v) is 7.92. The predicted octanol–water partition coefficient (Wildman–Crippen LogP) is 3.43. The van der Waals surface area contributed by atoms with Gasteiger partial charge in [-0.1, -0.05) is 25.1 Å². The van der Waals surface area contributed by atoms with Gasteiger partial charge in [0, 0.05) is 17.5 Å². The Balaban J connectivity index is 1.72. The smallest absolute Gasteiger partial charge is 0.223 e. The van der Waals surface area contributed by atoms with Crippen molar-refractivity contribution in [3.05, 3.63) is 46.9 Å². The van der Waals surface area contributed by atoms with Crippen LogP contribution in [-0.4, -0.2) is 17.5 Å². The van der Waals surface area contributed by atoms with E-state index in [1.807, 2.05) is 49.6 Å². The number of hydrogen-bond donors (Lipinski definition) is 1. The average molecular weight is 304 g/mol. The van der Waals surface area contributed by atoms with Crippen molar-refractivity contribution in [2.45, 2.75) is 26.3 Å². The van der Waals surface area contributed by atoms with Crippen molar-refractivity contribution >= 4 is 17.2 Å². The third kappa shape index (κ3) is 4.86.